The zero-order chi connectivity index (χ0) is 19.7. The molecule has 0 aliphatic carbocycles. The van der Waals surface area contributed by atoms with Crippen LogP contribution in [0.15, 0.2) is 30.3 Å². The van der Waals surface area contributed by atoms with Crippen LogP contribution in [0.5, 0.6) is 5.75 Å². The van der Waals surface area contributed by atoms with Crippen LogP contribution in [0.1, 0.15) is 23.1 Å². The average molecular weight is 404 g/mol. The molecule has 0 spiro atoms. The predicted octanol–water partition coefficient (Wildman–Crippen LogP) is 3.62. The summed E-state index contributed by atoms with van der Waals surface area (Å²) < 4.78 is 5.12. The summed E-state index contributed by atoms with van der Waals surface area (Å²) in [5, 5.41) is 2.85. The first-order valence-electron chi connectivity index (χ1n) is 8.92. The van der Waals surface area contributed by atoms with Gasteiger partial charge in [-0.1, -0.05) is 17.7 Å². The molecule has 6 nitrogen and oxygen atoms in total. The Kier molecular flexibility index (Phi) is 6.56. The summed E-state index contributed by atoms with van der Waals surface area (Å²) >= 11 is 0. The number of benzene rings is 2. The van der Waals surface area contributed by atoms with E-state index in [0.717, 1.165) is 22.4 Å². The van der Waals surface area contributed by atoms with Gasteiger partial charge in [0.25, 0.3) is 0 Å². The fourth-order valence-corrected chi connectivity index (χ4v) is 3.75. The highest BCUT2D eigenvalue weighted by atomic mass is 35.5. The number of nitrogen functional groups attached to an aromatic ring is 1. The standard InChI is InChI=1S/C21H25N3O3.ClH/c1-12-7-13(2)20(14(3)8-12)24-11-15(9-19(24)25)21(26)23-16-5-6-18(27-4)17(22)10-16;/h5-8,10,15H,9,11,22H2,1-4H3,(H,23,26);1H. The number of halogens is 1. The van der Waals surface area contributed by atoms with Gasteiger partial charge >= 0.3 is 0 Å². The van der Waals surface area contributed by atoms with Gasteiger partial charge in [0.2, 0.25) is 11.8 Å². The molecular formula is C21H26ClN3O3. The van der Waals surface area contributed by atoms with Gasteiger partial charge in [-0.05, 0) is 50.1 Å². The molecule has 7 heteroatoms. The van der Waals surface area contributed by atoms with E-state index in [1.165, 1.54) is 7.11 Å². The van der Waals surface area contributed by atoms with Crippen molar-refractivity contribution in [2.24, 2.45) is 5.92 Å². The lowest BCUT2D eigenvalue weighted by atomic mass is 10.0. The molecule has 0 bridgehead atoms. The lowest BCUT2D eigenvalue weighted by Crippen LogP contribution is -2.29. The quantitative estimate of drug-likeness (QED) is 0.763. The molecule has 1 aliphatic rings. The molecule has 1 atom stereocenters. The molecule has 1 unspecified atom stereocenters. The van der Waals surface area contributed by atoms with Crippen molar-refractivity contribution in [3.8, 4) is 5.75 Å². The Hall–Kier alpha value is -2.73. The summed E-state index contributed by atoms with van der Waals surface area (Å²) in [7, 11) is 1.54. The van der Waals surface area contributed by atoms with E-state index >= 15 is 0 Å². The van der Waals surface area contributed by atoms with Crippen LogP contribution in [0.2, 0.25) is 0 Å². The van der Waals surface area contributed by atoms with Crippen molar-refractivity contribution in [2.45, 2.75) is 27.2 Å². The number of nitrogens with one attached hydrogen (secondary N) is 1. The largest absolute Gasteiger partial charge is 0.495 e. The first kappa shape index (κ1) is 21.6. The number of amides is 2. The van der Waals surface area contributed by atoms with Crippen LogP contribution in [0.3, 0.4) is 0 Å². The molecule has 2 amide bonds. The first-order chi connectivity index (χ1) is 12.8. The minimum absolute atomic E-state index is 0. The van der Waals surface area contributed by atoms with E-state index < -0.39 is 5.92 Å². The van der Waals surface area contributed by atoms with Gasteiger partial charge in [-0.25, -0.2) is 0 Å². The Morgan fingerprint density at radius 1 is 1.18 bits per heavy atom. The molecular weight excluding hydrogens is 378 g/mol. The highest BCUT2D eigenvalue weighted by Gasteiger charge is 2.36. The maximum Gasteiger partial charge on any atom is 0.229 e. The zero-order valence-electron chi connectivity index (χ0n) is 16.5. The summed E-state index contributed by atoms with van der Waals surface area (Å²) in [6.45, 7) is 6.40. The number of ether oxygens (including phenoxy) is 1. The van der Waals surface area contributed by atoms with Crippen molar-refractivity contribution in [1.29, 1.82) is 0 Å². The Morgan fingerprint density at radius 3 is 2.39 bits per heavy atom. The van der Waals surface area contributed by atoms with Crippen molar-refractivity contribution < 1.29 is 14.3 Å². The van der Waals surface area contributed by atoms with E-state index in [0.29, 0.717) is 23.7 Å². The summed E-state index contributed by atoms with van der Waals surface area (Å²) in [6.07, 6.45) is 0.199. The summed E-state index contributed by atoms with van der Waals surface area (Å²) in [5.41, 5.74) is 11.1. The van der Waals surface area contributed by atoms with Crippen LogP contribution in [-0.2, 0) is 9.59 Å². The normalized spacial score (nSPS) is 15.9. The van der Waals surface area contributed by atoms with Gasteiger partial charge < -0.3 is 20.7 Å². The fraction of sp³-hybridized carbons (Fsp3) is 0.333. The summed E-state index contributed by atoms with van der Waals surface area (Å²) in [4.78, 5) is 27.0. The second-order valence-corrected chi connectivity index (χ2v) is 7.10. The van der Waals surface area contributed by atoms with Gasteiger partial charge in [0, 0.05) is 24.3 Å². The van der Waals surface area contributed by atoms with E-state index in [9.17, 15) is 9.59 Å². The third kappa shape index (κ3) is 4.22. The third-order valence-corrected chi connectivity index (χ3v) is 4.90. The Morgan fingerprint density at radius 2 is 1.82 bits per heavy atom. The number of aryl methyl sites for hydroxylation is 3. The smallest absolute Gasteiger partial charge is 0.229 e. The van der Waals surface area contributed by atoms with Gasteiger partial charge in [-0.15, -0.1) is 12.4 Å². The lowest BCUT2D eigenvalue weighted by Gasteiger charge is -2.22. The second-order valence-electron chi connectivity index (χ2n) is 7.10. The van der Waals surface area contributed by atoms with E-state index in [1.807, 2.05) is 20.8 Å². The number of hydrogen-bond donors (Lipinski definition) is 2. The van der Waals surface area contributed by atoms with Crippen molar-refractivity contribution in [1.82, 2.24) is 0 Å². The van der Waals surface area contributed by atoms with Crippen LogP contribution in [0.25, 0.3) is 0 Å². The summed E-state index contributed by atoms with van der Waals surface area (Å²) in [5.74, 6) is -0.0567. The molecule has 0 aromatic heterocycles. The number of hydrogen-bond acceptors (Lipinski definition) is 4. The van der Waals surface area contributed by atoms with Crippen LogP contribution in [0, 0.1) is 26.7 Å². The van der Waals surface area contributed by atoms with Gasteiger partial charge in [0.05, 0.1) is 18.7 Å². The van der Waals surface area contributed by atoms with Crippen LogP contribution in [0.4, 0.5) is 17.1 Å². The van der Waals surface area contributed by atoms with E-state index in [2.05, 4.69) is 17.4 Å². The van der Waals surface area contributed by atoms with Crippen molar-refractivity contribution >= 4 is 41.3 Å². The highest BCUT2D eigenvalue weighted by molar-refractivity contribution is 6.04. The highest BCUT2D eigenvalue weighted by Crippen LogP contribution is 2.32. The topological polar surface area (TPSA) is 84.7 Å². The molecule has 2 aromatic carbocycles. The number of carbonyl (C=O) groups excluding carboxylic acids is 2. The van der Waals surface area contributed by atoms with Crippen molar-refractivity contribution in [3.05, 3.63) is 47.0 Å². The van der Waals surface area contributed by atoms with E-state index in [1.54, 1.807) is 23.1 Å². The number of methoxy groups -OCH3 is 1. The van der Waals surface area contributed by atoms with Crippen LogP contribution in [-0.4, -0.2) is 25.5 Å². The lowest BCUT2D eigenvalue weighted by molar-refractivity contribution is -0.122. The summed E-state index contributed by atoms with van der Waals surface area (Å²) in [6, 6.07) is 9.21. The number of carbonyl (C=O) groups is 2. The van der Waals surface area contributed by atoms with Gasteiger partial charge in [0.15, 0.2) is 0 Å². The molecule has 28 heavy (non-hydrogen) atoms. The van der Waals surface area contributed by atoms with E-state index in [-0.39, 0.29) is 30.6 Å². The molecule has 0 saturated carbocycles. The SMILES string of the molecule is COc1ccc(NC(=O)C2CC(=O)N(c3c(C)cc(C)cc3C)C2)cc1N.Cl. The maximum absolute atomic E-state index is 12.7. The number of nitrogens with two attached hydrogens (primary N) is 1. The molecule has 1 heterocycles. The average Bonchev–Trinajstić information content (AvgIpc) is 2.96. The fourth-order valence-electron chi connectivity index (χ4n) is 3.75. The number of anilines is 3. The molecule has 3 rings (SSSR count). The van der Waals surface area contributed by atoms with Gasteiger partial charge in [0.1, 0.15) is 5.75 Å². The number of rotatable bonds is 4. The van der Waals surface area contributed by atoms with Crippen molar-refractivity contribution in [2.75, 3.05) is 29.6 Å². The van der Waals surface area contributed by atoms with Gasteiger partial charge in [-0.3, -0.25) is 9.59 Å². The molecule has 150 valence electrons. The Labute approximate surface area is 171 Å². The molecule has 3 N–H and O–H groups in total. The Bertz CT molecular complexity index is 891. The number of nitrogens with zero attached hydrogens (tertiary/aromatic N) is 1. The monoisotopic (exact) mass is 403 g/mol. The zero-order valence-corrected chi connectivity index (χ0v) is 17.4. The Balaban J connectivity index is 0.00000280. The van der Waals surface area contributed by atoms with Gasteiger partial charge in [-0.2, -0.15) is 0 Å². The maximum atomic E-state index is 12.7. The first-order valence-corrected chi connectivity index (χ1v) is 8.92. The molecule has 1 aliphatic heterocycles. The van der Waals surface area contributed by atoms with Crippen LogP contribution >= 0.6 is 12.4 Å². The minimum Gasteiger partial charge on any atom is -0.495 e. The molecule has 1 saturated heterocycles. The van der Waals surface area contributed by atoms with Crippen molar-refractivity contribution in [3.63, 3.8) is 0 Å². The second kappa shape index (κ2) is 8.52. The molecule has 1 fully saturated rings. The van der Waals surface area contributed by atoms with Crippen LogP contribution < -0.4 is 20.7 Å². The minimum atomic E-state index is -0.402. The molecule has 2 aromatic rings. The van der Waals surface area contributed by atoms with E-state index in [4.69, 9.17) is 10.5 Å². The molecule has 0 radical (unpaired) electrons. The predicted molar refractivity (Wildman–Crippen MR) is 114 cm³/mol. The third-order valence-electron chi connectivity index (χ3n) is 4.90.